The number of carbonyl (C=O) groups excluding carboxylic acids is 1. The van der Waals surface area contributed by atoms with Crippen molar-refractivity contribution >= 4 is 42.8 Å². The van der Waals surface area contributed by atoms with Crippen molar-refractivity contribution in [2.24, 2.45) is 0 Å². The molecule has 0 aliphatic heterocycles. The van der Waals surface area contributed by atoms with Gasteiger partial charge in [0.05, 0.1) is 6.10 Å². The zero-order valence-corrected chi connectivity index (χ0v) is 19.3. The van der Waals surface area contributed by atoms with Gasteiger partial charge < -0.3 is 28.8 Å². The predicted octanol–water partition coefficient (Wildman–Crippen LogP) is 1.79. The summed E-state index contributed by atoms with van der Waals surface area (Å²) in [5.41, 5.74) is 0. The molecule has 28 heavy (non-hydrogen) atoms. The Morgan fingerprint density at radius 1 is 1.21 bits per heavy atom. The number of rotatable bonds is 17. The lowest BCUT2D eigenvalue weighted by Crippen LogP contribution is -2.42. The number of aliphatic hydroxyl groups excluding tert-OH is 2. The maximum atomic E-state index is 12.0. The molecule has 0 amide bonds. The molecule has 1 aromatic rings. The van der Waals surface area contributed by atoms with Gasteiger partial charge in [0, 0.05) is 59.1 Å². The first-order valence-electron chi connectivity index (χ1n) is 9.14. The van der Waals surface area contributed by atoms with Crippen molar-refractivity contribution in [3.63, 3.8) is 0 Å². The molecule has 0 radical (unpaired) electrons. The third kappa shape index (κ3) is 9.74. The smallest absolute Gasteiger partial charge is 0.396 e. The first-order chi connectivity index (χ1) is 13.5. The number of anilines is 1. The van der Waals surface area contributed by atoms with Crippen molar-refractivity contribution < 1.29 is 28.3 Å². The van der Waals surface area contributed by atoms with Gasteiger partial charge >= 0.3 is 8.80 Å². The second kappa shape index (κ2) is 14.4. The Hall–Kier alpha value is -0.603. The number of nitrogens with zero attached hydrogens (tertiary/aromatic N) is 2. The van der Waals surface area contributed by atoms with Crippen LogP contribution in [0.1, 0.15) is 32.1 Å². The molecule has 0 fully saturated rings. The van der Waals surface area contributed by atoms with E-state index in [1.807, 2.05) is 0 Å². The molecule has 9 nitrogen and oxygen atoms in total. The number of thioether (sulfide) groups is 1. The Labute approximate surface area is 175 Å². The summed E-state index contributed by atoms with van der Waals surface area (Å²) in [6, 6.07) is 0.556. The first-order valence-corrected chi connectivity index (χ1v) is 12.9. The van der Waals surface area contributed by atoms with Gasteiger partial charge in [0.1, 0.15) is 5.78 Å². The third-order valence-electron chi connectivity index (χ3n) is 4.01. The summed E-state index contributed by atoms with van der Waals surface area (Å²) in [5.74, 6) is 0.865. The van der Waals surface area contributed by atoms with Crippen LogP contribution in [-0.4, -0.2) is 81.3 Å². The fraction of sp³-hybridized carbons (Fsp3) is 0.812. The van der Waals surface area contributed by atoms with Crippen LogP contribution in [0, 0.1) is 0 Å². The van der Waals surface area contributed by atoms with Crippen LogP contribution in [0.4, 0.5) is 5.13 Å². The van der Waals surface area contributed by atoms with E-state index in [9.17, 15) is 9.90 Å². The van der Waals surface area contributed by atoms with Crippen molar-refractivity contribution in [2.75, 3.05) is 45.6 Å². The van der Waals surface area contributed by atoms with E-state index in [0.29, 0.717) is 24.0 Å². The molecule has 0 aliphatic rings. The van der Waals surface area contributed by atoms with Gasteiger partial charge in [0.15, 0.2) is 4.34 Å². The molecule has 1 aromatic heterocycles. The Kier molecular flexibility index (Phi) is 13.1. The summed E-state index contributed by atoms with van der Waals surface area (Å²) >= 11 is 3.00. The fourth-order valence-corrected chi connectivity index (χ4v) is 5.96. The zero-order chi connectivity index (χ0) is 20.8. The molecule has 1 rings (SSSR count). The summed E-state index contributed by atoms with van der Waals surface area (Å²) < 4.78 is 16.8. The normalized spacial score (nSPS) is 12.9. The van der Waals surface area contributed by atoms with Crippen LogP contribution >= 0.6 is 23.1 Å². The molecular weight excluding hydrogens is 422 g/mol. The average molecular weight is 454 g/mol. The Bertz CT molecular complexity index is 554. The lowest BCUT2D eigenvalue weighted by molar-refractivity contribution is -0.120. The summed E-state index contributed by atoms with van der Waals surface area (Å²) in [7, 11) is 1.98. The van der Waals surface area contributed by atoms with Gasteiger partial charge in [-0.3, -0.25) is 4.79 Å². The fourth-order valence-electron chi connectivity index (χ4n) is 2.41. The van der Waals surface area contributed by atoms with E-state index < -0.39 is 14.9 Å². The van der Waals surface area contributed by atoms with Crippen LogP contribution < -0.4 is 5.32 Å². The second-order valence-corrected chi connectivity index (χ2v) is 11.5. The van der Waals surface area contributed by atoms with E-state index in [-0.39, 0.29) is 25.4 Å². The maximum absolute atomic E-state index is 12.0. The molecule has 0 aliphatic carbocycles. The lowest BCUT2D eigenvalue weighted by atomic mass is 10.1. The Balaban J connectivity index is 2.24. The number of hydrogen-bond acceptors (Lipinski definition) is 11. The molecule has 0 aromatic carbocycles. The quantitative estimate of drug-likeness (QED) is 0.183. The Morgan fingerprint density at radius 3 is 2.57 bits per heavy atom. The molecule has 12 heteroatoms. The summed E-state index contributed by atoms with van der Waals surface area (Å²) in [6.07, 6.45) is 1.93. The van der Waals surface area contributed by atoms with Crippen LogP contribution in [0.3, 0.4) is 0 Å². The average Bonchev–Trinajstić information content (AvgIpc) is 3.15. The molecule has 0 saturated carbocycles. The van der Waals surface area contributed by atoms with Gasteiger partial charge in [-0.1, -0.05) is 23.1 Å². The highest BCUT2D eigenvalue weighted by atomic mass is 32.2. The van der Waals surface area contributed by atoms with Gasteiger partial charge in [-0.2, -0.15) is 0 Å². The van der Waals surface area contributed by atoms with Crippen molar-refractivity contribution in [1.82, 2.24) is 10.2 Å². The minimum atomic E-state index is -2.65. The summed E-state index contributed by atoms with van der Waals surface area (Å²) in [5, 5.41) is 30.6. The van der Waals surface area contributed by atoms with Gasteiger partial charge in [-0.05, 0) is 19.3 Å². The van der Waals surface area contributed by atoms with Crippen LogP contribution in [0.15, 0.2) is 4.34 Å². The van der Waals surface area contributed by atoms with E-state index in [1.54, 1.807) is 33.1 Å². The monoisotopic (exact) mass is 453 g/mol. The van der Waals surface area contributed by atoms with Crippen LogP contribution in [0.25, 0.3) is 0 Å². The zero-order valence-electron chi connectivity index (χ0n) is 16.7. The SMILES string of the molecule is CO[Si](CCCC(=O)CC(O)CNc1nnc(SCCCCO)s1)(OC)OC. The first kappa shape index (κ1) is 25.4. The van der Waals surface area contributed by atoms with E-state index in [1.165, 1.54) is 11.3 Å². The molecule has 1 heterocycles. The lowest BCUT2D eigenvalue weighted by Gasteiger charge is -2.24. The maximum Gasteiger partial charge on any atom is 0.500 e. The van der Waals surface area contributed by atoms with E-state index in [0.717, 1.165) is 22.9 Å². The van der Waals surface area contributed by atoms with Crippen molar-refractivity contribution in [3.05, 3.63) is 0 Å². The molecule has 3 N–H and O–H groups in total. The van der Waals surface area contributed by atoms with Gasteiger partial charge in [0.2, 0.25) is 5.13 Å². The number of Topliss-reactive ketones (excluding diaryl/α,β-unsaturated/α-hetero) is 1. The van der Waals surface area contributed by atoms with Crippen LogP contribution in [-0.2, 0) is 18.1 Å². The van der Waals surface area contributed by atoms with Crippen LogP contribution in [0.5, 0.6) is 0 Å². The minimum absolute atomic E-state index is 0.0158. The standard InChI is InChI=1S/C16H31N3O6S2Si/c1-23-28(24-2,25-3)10-6-7-13(21)11-14(22)12-17-15-18-19-16(27-15)26-9-5-4-8-20/h14,20,22H,4-12H2,1-3H3,(H,17,18). The Morgan fingerprint density at radius 2 is 1.93 bits per heavy atom. The molecule has 162 valence electrons. The highest BCUT2D eigenvalue weighted by Gasteiger charge is 2.37. The molecule has 0 saturated heterocycles. The van der Waals surface area contributed by atoms with Gasteiger partial charge in [0.25, 0.3) is 0 Å². The highest BCUT2D eigenvalue weighted by Crippen LogP contribution is 2.26. The molecule has 0 spiro atoms. The van der Waals surface area contributed by atoms with Crippen LogP contribution in [0.2, 0.25) is 6.04 Å². The van der Waals surface area contributed by atoms with Crippen molar-refractivity contribution in [1.29, 1.82) is 0 Å². The summed E-state index contributed by atoms with van der Waals surface area (Å²) in [6.45, 7) is 0.441. The molecule has 1 atom stereocenters. The molecular formula is C16H31N3O6S2Si. The number of nitrogens with one attached hydrogen (secondary N) is 1. The third-order valence-corrected chi connectivity index (χ3v) is 8.94. The number of hydrogen-bond donors (Lipinski definition) is 3. The number of unbranched alkanes of at least 4 members (excludes halogenated alkanes) is 1. The predicted molar refractivity (Wildman–Crippen MR) is 112 cm³/mol. The number of aromatic nitrogens is 2. The largest absolute Gasteiger partial charge is 0.500 e. The second-order valence-electron chi connectivity index (χ2n) is 6.08. The van der Waals surface area contributed by atoms with E-state index >= 15 is 0 Å². The molecule has 0 bridgehead atoms. The van der Waals surface area contributed by atoms with E-state index in [4.69, 9.17) is 18.4 Å². The highest BCUT2D eigenvalue weighted by molar-refractivity contribution is 8.01. The number of carbonyl (C=O) groups is 1. The van der Waals surface area contributed by atoms with Gasteiger partial charge in [-0.15, -0.1) is 10.2 Å². The van der Waals surface area contributed by atoms with Crippen molar-refractivity contribution in [3.8, 4) is 0 Å². The topological polar surface area (TPSA) is 123 Å². The number of aliphatic hydroxyl groups is 2. The van der Waals surface area contributed by atoms with Gasteiger partial charge in [-0.25, -0.2) is 0 Å². The van der Waals surface area contributed by atoms with E-state index in [2.05, 4.69) is 15.5 Å². The molecule has 1 unspecified atom stereocenters. The number of ketones is 1. The summed E-state index contributed by atoms with van der Waals surface area (Å²) in [4.78, 5) is 12.0. The van der Waals surface area contributed by atoms with Crippen molar-refractivity contribution in [2.45, 2.75) is 48.6 Å². The minimum Gasteiger partial charge on any atom is -0.396 e.